The second kappa shape index (κ2) is 15.4. The summed E-state index contributed by atoms with van der Waals surface area (Å²) >= 11 is 0. The molecule has 0 aliphatic carbocycles. The first kappa shape index (κ1) is 40.4. The van der Waals surface area contributed by atoms with Gasteiger partial charge in [0.05, 0.1) is 44.6 Å². The van der Waals surface area contributed by atoms with Gasteiger partial charge in [-0.15, -0.1) is 0 Å². The number of aromatic nitrogens is 2. The fourth-order valence-electron chi connectivity index (χ4n) is 9.43. The van der Waals surface area contributed by atoms with Gasteiger partial charge >= 0.3 is 12.4 Å². The number of nitrogens with zero attached hydrogens (tertiary/aromatic N) is 3. The van der Waals surface area contributed by atoms with Gasteiger partial charge in [-0.3, -0.25) is 0 Å². The van der Waals surface area contributed by atoms with E-state index in [1.165, 1.54) is 9.13 Å². The van der Waals surface area contributed by atoms with Crippen molar-refractivity contribution in [3.63, 3.8) is 0 Å². The van der Waals surface area contributed by atoms with Crippen molar-refractivity contribution in [3.8, 4) is 62.0 Å². The third-order valence-corrected chi connectivity index (χ3v) is 12.4. The van der Waals surface area contributed by atoms with E-state index in [4.69, 9.17) is 0 Å². The van der Waals surface area contributed by atoms with E-state index < -0.39 is 40.4 Å². The Morgan fingerprint density at radius 1 is 0.318 bits per heavy atom. The molecular weight excluding hydrogens is 841 g/mol. The predicted molar refractivity (Wildman–Crippen MR) is 252 cm³/mol. The molecule has 0 spiro atoms. The molecule has 0 aliphatic rings. The highest BCUT2D eigenvalue weighted by Crippen LogP contribution is 2.49. The largest absolute Gasteiger partial charge is 0.418 e. The van der Waals surface area contributed by atoms with Crippen LogP contribution in [-0.4, -0.2) is 9.13 Å². The molecule has 0 unspecified atom stereocenters. The molecule has 0 atom stereocenters. The van der Waals surface area contributed by atoms with Crippen molar-refractivity contribution in [2.24, 2.45) is 0 Å². The summed E-state index contributed by atoms with van der Waals surface area (Å²) in [6, 6.07) is 61.2. The van der Waals surface area contributed by atoms with Crippen LogP contribution in [0.4, 0.5) is 26.3 Å². The van der Waals surface area contributed by atoms with Crippen molar-refractivity contribution < 1.29 is 26.3 Å². The second-order valence-corrected chi connectivity index (χ2v) is 16.2. The molecule has 11 aromatic rings. The minimum absolute atomic E-state index is 0.180. The van der Waals surface area contributed by atoms with Gasteiger partial charge in [0.2, 0.25) is 0 Å². The zero-order valence-corrected chi connectivity index (χ0v) is 34.7. The molecule has 2 heterocycles. The van der Waals surface area contributed by atoms with E-state index in [1.807, 2.05) is 164 Å². The van der Waals surface area contributed by atoms with Crippen LogP contribution in [0.1, 0.15) is 16.7 Å². The van der Waals surface area contributed by atoms with Crippen LogP contribution in [0.25, 0.3) is 99.5 Å². The van der Waals surface area contributed by atoms with Gasteiger partial charge in [-0.25, -0.2) is 0 Å². The molecular formula is C57H33F6N3. The fourth-order valence-corrected chi connectivity index (χ4v) is 9.43. The van der Waals surface area contributed by atoms with Crippen molar-refractivity contribution in [1.82, 2.24) is 9.13 Å². The highest BCUT2D eigenvalue weighted by molar-refractivity contribution is 6.13. The highest BCUT2D eigenvalue weighted by Gasteiger charge is 2.44. The summed E-state index contributed by atoms with van der Waals surface area (Å²) in [5.74, 6) is 0. The van der Waals surface area contributed by atoms with Gasteiger partial charge in [0.1, 0.15) is 11.6 Å². The standard InChI is InChI=1S/C57H33F6N3/c58-56(59,60)48-33-49(57(61,62)63)55(66-51-28-24-40(36-15-7-2-8-16-36)30-46(51)44-26-22-42(32-53(44)66)38-19-11-4-12-20-38)47(34-64)54(48)65-50-27-23-39(35-13-5-1-6-14-35)29-45(50)43-25-21-41(31-52(43)65)37-17-9-3-10-18-37/h1-33H. The van der Waals surface area contributed by atoms with Crippen LogP contribution in [0.15, 0.2) is 200 Å². The van der Waals surface area contributed by atoms with E-state index in [1.54, 1.807) is 36.4 Å². The van der Waals surface area contributed by atoms with E-state index in [0.717, 1.165) is 33.4 Å². The molecule has 0 aliphatic heterocycles. The van der Waals surface area contributed by atoms with E-state index in [0.29, 0.717) is 32.7 Å². The first-order valence-electron chi connectivity index (χ1n) is 21.1. The number of hydrogen-bond donors (Lipinski definition) is 0. The van der Waals surface area contributed by atoms with Gasteiger partial charge in [-0.2, -0.15) is 31.6 Å². The van der Waals surface area contributed by atoms with Gasteiger partial charge in [-0.1, -0.05) is 158 Å². The average Bonchev–Trinajstić information content (AvgIpc) is 3.84. The maximum absolute atomic E-state index is 15.9. The summed E-state index contributed by atoms with van der Waals surface area (Å²) in [4.78, 5) is 0. The molecule has 318 valence electrons. The molecule has 9 aromatic carbocycles. The average molecular weight is 874 g/mol. The maximum Gasteiger partial charge on any atom is 0.418 e. The van der Waals surface area contributed by atoms with Crippen LogP contribution < -0.4 is 0 Å². The lowest BCUT2D eigenvalue weighted by Crippen LogP contribution is -2.20. The number of fused-ring (bicyclic) bond motifs is 6. The molecule has 0 bridgehead atoms. The SMILES string of the molecule is N#Cc1c(-n2c3ccc(-c4ccccc4)cc3c3ccc(-c4ccccc4)cc32)c(C(F)(F)F)cc(C(F)(F)F)c1-n1c2ccc(-c3ccccc3)cc2c2ccc(-c3ccccc3)cc21. The smallest absolute Gasteiger partial charge is 0.307 e. The second-order valence-electron chi connectivity index (χ2n) is 16.2. The summed E-state index contributed by atoms with van der Waals surface area (Å²) in [6.45, 7) is 0. The molecule has 0 amide bonds. The Balaban J connectivity index is 1.31. The van der Waals surface area contributed by atoms with Crippen molar-refractivity contribution in [2.75, 3.05) is 0 Å². The predicted octanol–water partition coefficient (Wildman–Crippen LogP) is 16.5. The molecule has 0 N–H and O–H groups in total. The maximum atomic E-state index is 15.9. The van der Waals surface area contributed by atoms with Gasteiger partial charge in [-0.05, 0) is 87.0 Å². The lowest BCUT2D eigenvalue weighted by molar-refractivity contribution is -0.142. The van der Waals surface area contributed by atoms with Crippen LogP contribution in [0.2, 0.25) is 0 Å². The van der Waals surface area contributed by atoms with Gasteiger partial charge in [0.15, 0.2) is 0 Å². The molecule has 2 aromatic heterocycles. The molecule has 3 nitrogen and oxygen atoms in total. The van der Waals surface area contributed by atoms with Crippen LogP contribution in [0, 0.1) is 11.3 Å². The van der Waals surface area contributed by atoms with Crippen molar-refractivity contribution >= 4 is 43.6 Å². The Kier molecular flexibility index (Phi) is 9.45. The number of rotatable bonds is 6. The lowest BCUT2D eigenvalue weighted by Gasteiger charge is -2.25. The molecule has 0 fully saturated rings. The van der Waals surface area contributed by atoms with E-state index in [9.17, 15) is 5.26 Å². The molecule has 0 saturated carbocycles. The summed E-state index contributed by atoms with van der Waals surface area (Å²) in [7, 11) is 0. The summed E-state index contributed by atoms with van der Waals surface area (Å²) in [6.07, 6.45) is -10.7. The van der Waals surface area contributed by atoms with E-state index in [2.05, 4.69) is 0 Å². The van der Waals surface area contributed by atoms with Crippen LogP contribution in [0.5, 0.6) is 0 Å². The first-order chi connectivity index (χ1) is 32.0. The Bertz CT molecular complexity index is 3480. The zero-order chi connectivity index (χ0) is 45.3. The molecule has 66 heavy (non-hydrogen) atoms. The Hall–Kier alpha value is -8.35. The third kappa shape index (κ3) is 6.69. The minimum Gasteiger partial charge on any atom is -0.307 e. The lowest BCUT2D eigenvalue weighted by atomic mass is 9.97. The third-order valence-electron chi connectivity index (χ3n) is 12.4. The minimum atomic E-state index is -5.34. The van der Waals surface area contributed by atoms with Gasteiger partial charge in [0.25, 0.3) is 0 Å². The quantitative estimate of drug-likeness (QED) is 0.153. The normalized spacial score (nSPS) is 12.1. The topological polar surface area (TPSA) is 33.6 Å². The van der Waals surface area contributed by atoms with Crippen LogP contribution in [-0.2, 0) is 12.4 Å². The number of halogens is 6. The first-order valence-corrected chi connectivity index (χ1v) is 21.1. The Morgan fingerprint density at radius 2 is 0.636 bits per heavy atom. The van der Waals surface area contributed by atoms with Crippen LogP contribution >= 0.6 is 0 Å². The van der Waals surface area contributed by atoms with Gasteiger partial charge in [0, 0.05) is 21.5 Å². The van der Waals surface area contributed by atoms with E-state index in [-0.39, 0.29) is 28.1 Å². The fraction of sp³-hybridized carbons (Fsp3) is 0.0351. The van der Waals surface area contributed by atoms with Crippen molar-refractivity contribution in [1.29, 1.82) is 5.26 Å². The van der Waals surface area contributed by atoms with Crippen molar-refractivity contribution in [2.45, 2.75) is 12.4 Å². The van der Waals surface area contributed by atoms with Gasteiger partial charge < -0.3 is 9.13 Å². The number of hydrogen-bond acceptors (Lipinski definition) is 1. The van der Waals surface area contributed by atoms with E-state index >= 15 is 26.3 Å². The Labute approximate surface area is 374 Å². The molecule has 11 rings (SSSR count). The summed E-state index contributed by atoms with van der Waals surface area (Å²) < 4.78 is 98.0. The summed E-state index contributed by atoms with van der Waals surface area (Å²) in [5, 5.41) is 13.6. The summed E-state index contributed by atoms with van der Waals surface area (Å²) in [5.41, 5.74) is 1.92. The molecule has 0 saturated heterocycles. The molecule has 0 radical (unpaired) electrons. The number of nitriles is 1. The zero-order valence-electron chi connectivity index (χ0n) is 34.7. The highest BCUT2D eigenvalue weighted by atomic mass is 19.4. The monoisotopic (exact) mass is 873 g/mol. The number of benzene rings is 9. The molecule has 9 heteroatoms. The van der Waals surface area contributed by atoms with Crippen molar-refractivity contribution in [3.05, 3.63) is 217 Å². The van der Waals surface area contributed by atoms with Crippen LogP contribution in [0.3, 0.4) is 0 Å². The number of alkyl halides is 6. The Morgan fingerprint density at radius 3 is 0.955 bits per heavy atom.